The molecule has 2 rings (SSSR count). The fraction of sp³-hybridized carbons (Fsp3) is 0.889. The third kappa shape index (κ3) is 1.34. The molecule has 1 amide bonds. The molecule has 0 aromatic rings. The zero-order valence-corrected chi connectivity index (χ0v) is 8.21. The van der Waals surface area contributed by atoms with E-state index < -0.39 is 0 Å². The molecule has 0 aromatic heterocycles. The SMILES string of the molecule is CNC(=O)[C@@H]1C[C@H]2CNC[C@H]2N1C. The Bertz CT molecular complexity index is 219. The monoisotopic (exact) mass is 183 g/mol. The molecule has 2 aliphatic rings. The molecule has 0 radical (unpaired) electrons. The van der Waals surface area contributed by atoms with E-state index in [-0.39, 0.29) is 11.9 Å². The first-order valence-electron chi connectivity index (χ1n) is 4.88. The van der Waals surface area contributed by atoms with Crippen LogP contribution in [-0.2, 0) is 4.79 Å². The number of carbonyl (C=O) groups excluding carboxylic acids is 1. The highest BCUT2D eigenvalue weighted by Gasteiger charge is 2.44. The molecule has 3 atom stereocenters. The number of likely N-dealkylation sites (N-methyl/N-ethyl adjacent to an activating group) is 2. The average Bonchev–Trinajstić information content (AvgIpc) is 2.68. The van der Waals surface area contributed by atoms with Crippen LogP contribution >= 0.6 is 0 Å². The Balaban J connectivity index is 2.06. The molecule has 2 heterocycles. The molecule has 4 nitrogen and oxygen atoms in total. The number of hydrogen-bond donors (Lipinski definition) is 2. The molecule has 2 N–H and O–H groups in total. The van der Waals surface area contributed by atoms with Crippen LogP contribution in [0.1, 0.15) is 6.42 Å². The maximum Gasteiger partial charge on any atom is 0.237 e. The van der Waals surface area contributed by atoms with Crippen molar-refractivity contribution in [1.82, 2.24) is 15.5 Å². The van der Waals surface area contributed by atoms with E-state index in [4.69, 9.17) is 0 Å². The van der Waals surface area contributed by atoms with Crippen LogP contribution in [0, 0.1) is 5.92 Å². The molecule has 13 heavy (non-hydrogen) atoms. The Morgan fingerprint density at radius 2 is 2.31 bits per heavy atom. The molecular formula is C9H17N3O. The molecule has 74 valence electrons. The second-order valence-electron chi connectivity index (χ2n) is 4.02. The maximum absolute atomic E-state index is 11.5. The van der Waals surface area contributed by atoms with E-state index in [2.05, 4.69) is 22.6 Å². The van der Waals surface area contributed by atoms with Gasteiger partial charge in [-0.25, -0.2) is 0 Å². The molecule has 0 bridgehead atoms. The molecule has 2 saturated heterocycles. The van der Waals surface area contributed by atoms with Crippen molar-refractivity contribution in [2.75, 3.05) is 27.2 Å². The van der Waals surface area contributed by atoms with Gasteiger partial charge in [0.25, 0.3) is 0 Å². The van der Waals surface area contributed by atoms with Crippen molar-refractivity contribution in [3.63, 3.8) is 0 Å². The minimum absolute atomic E-state index is 0.0992. The Kier molecular flexibility index (Phi) is 2.26. The normalized spacial score (nSPS) is 39.1. The Labute approximate surface area is 78.7 Å². The van der Waals surface area contributed by atoms with Crippen molar-refractivity contribution in [2.24, 2.45) is 5.92 Å². The summed E-state index contributed by atoms with van der Waals surface area (Å²) >= 11 is 0. The van der Waals surface area contributed by atoms with E-state index in [0.29, 0.717) is 12.0 Å². The van der Waals surface area contributed by atoms with E-state index in [1.807, 2.05) is 0 Å². The van der Waals surface area contributed by atoms with Gasteiger partial charge in [0.15, 0.2) is 0 Å². The van der Waals surface area contributed by atoms with Crippen LogP contribution in [0.25, 0.3) is 0 Å². The molecule has 4 heteroatoms. The molecule has 0 aliphatic carbocycles. The van der Waals surface area contributed by atoms with Gasteiger partial charge in [0.2, 0.25) is 5.91 Å². The summed E-state index contributed by atoms with van der Waals surface area (Å²) in [5, 5.41) is 6.08. The zero-order chi connectivity index (χ0) is 9.42. The van der Waals surface area contributed by atoms with E-state index in [1.165, 1.54) is 0 Å². The van der Waals surface area contributed by atoms with Crippen LogP contribution in [0.15, 0.2) is 0 Å². The largest absolute Gasteiger partial charge is 0.358 e. The smallest absolute Gasteiger partial charge is 0.237 e. The van der Waals surface area contributed by atoms with Gasteiger partial charge < -0.3 is 10.6 Å². The summed E-state index contributed by atoms with van der Waals surface area (Å²) in [7, 11) is 3.76. The van der Waals surface area contributed by atoms with Gasteiger partial charge in [-0.2, -0.15) is 0 Å². The van der Waals surface area contributed by atoms with E-state index in [0.717, 1.165) is 19.5 Å². The van der Waals surface area contributed by atoms with Crippen LogP contribution in [0.2, 0.25) is 0 Å². The van der Waals surface area contributed by atoms with Gasteiger partial charge in [-0.05, 0) is 25.9 Å². The highest BCUT2D eigenvalue weighted by Crippen LogP contribution is 2.30. The molecule has 2 aliphatic heterocycles. The first-order chi connectivity index (χ1) is 6.24. The van der Waals surface area contributed by atoms with Crippen molar-refractivity contribution < 1.29 is 4.79 Å². The number of rotatable bonds is 1. The topological polar surface area (TPSA) is 44.4 Å². The van der Waals surface area contributed by atoms with Gasteiger partial charge in [0.1, 0.15) is 0 Å². The third-order valence-corrected chi connectivity index (χ3v) is 3.39. The maximum atomic E-state index is 11.5. The Hall–Kier alpha value is -0.610. The van der Waals surface area contributed by atoms with Crippen LogP contribution < -0.4 is 10.6 Å². The molecule has 0 spiro atoms. The number of amides is 1. The Morgan fingerprint density at radius 1 is 1.54 bits per heavy atom. The van der Waals surface area contributed by atoms with Crippen LogP contribution in [0.3, 0.4) is 0 Å². The number of nitrogens with zero attached hydrogens (tertiary/aromatic N) is 1. The first-order valence-corrected chi connectivity index (χ1v) is 4.88. The van der Waals surface area contributed by atoms with Gasteiger partial charge in [-0.15, -0.1) is 0 Å². The lowest BCUT2D eigenvalue weighted by Gasteiger charge is -2.22. The number of carbonyl (C=O) groups is 1. The van der Waals surface area contributed by atoms with Crippen molar-refractivity contribution in [1.29, 1.82) is 0 Å². The summed E-state index contributed by atoms with van der Waals surface area (Å²) in [4.78, 5) is 13.7. The van der Waals surface area contributed by atoms with Gasteiger partial charge in [0.05, 0.1) is 6.04 Å². The zero-order valence-electron chi connectivity index (χ0n) is 8.21. The van der Waals surface area contributed by atoms with Crippen LogP contribution in [0.4, 0.5) is 0 Å². The van der Waals surface area contributed by atoms with E-state index in [1.54, 1.807) is 7.05 Å². The number of likely N-dealkylation sites (tertiary alicyclic amines) is 1. The molecule has 0 saturated carbocycles. The second kappa shape index (κ2) is 3.27. The number of hydrogen-bond acceptors (Lipinski definition) is 3. The summed E-state index contributed by atoms with van der Waals surface area (Å²) in [6.45, 7) is 2.11. The van der Waals surface area contributed by atoms with Gasteiger partial charge >= 0.3 is 0 Å². The second-order valence-corrected chi connectivity index (χ2v) is 4.02. The quantitative estimate of drug-likeness (QED) is 0.549. The van der Waals surface area contributed by atoms with Crippen LogP contribution in [-0.4, -0.2) is 50.1 Å². The highest BCUT2D eigenvalue weighted by molar-refractivity contribution is 5.81. The minimum atomic E-state index is 0.0992. The number of nitrogens with one attached hydrogen (secondary N) is 2. The van der Waals surface area contributed by atoms with E-state index >= 15 is 0 Å². The fourth-order valence-corrected chi connectivity index (χ4v) is 2.58. The average molecular weight is 183 g/mol. The lowest BCUT2D eigenvalue weighted by Crippen LogP contribution is -2.44. The van der Waals surface area contributed by atoms with Crippen molar-refractivity contribution in [3.8, 4) is 0 Å². The Morgan fingerprint density at radius 3 is 2.92 bits per heavy atom. The van der Waals surface area contributed by atoms with Gasteiger partial charge in [0, 0.05) is 19.6 Å². The standard InChI is InChI=1S/C9H17N3O/c1-10-9(13)7-3-6-4-11-5-8(6)12(7)2/h6-8,11H,3-5H2,1-2H3,(H,10,13)/t6-,7-,8+/m0/s1. The predicted molar refractivity (Wildman–Crippen MR) is 50.4 cm³/mol. The predicted octanol–water partition coefficient (Wildman–Crippen LogP) is -0.975. The van der Waals surface area contributed by atoms with Gasteiger partial charge in [-0.1, -0.05) is 0 Å². The van der Waals surface area contributed by atoms with E-state index in [9.17, 15) is 4.79 Å². The highest BCUT2D eigenvalue weighted by atomic mass is 16.2. The fourth-order valence-electron chi connectivity index (χ4n) is 2.58. The third-order valence-electron chi connectivity index (χ3n) is 3.39. The van der Waals surface area contributed by atoms with Crippen molar-refractivity contribution >= 4 is 5.91 Å². The first kappa shape index (κ1) is 8.97. The summed E-state index contributed by atoms with van der Waals surface area (Å²) in [5.74, 6) is 0.837. The van der Waals surface area contributed by atoms with Crippen molar-refractivity contribution in [3.05, 3.63) is 0 Å². The molecule has 0 aromatic carbocycles. The minimum Gasteiger partial charge on any atom is -0.358 e. The van der Waals surface area contributed by atoms with Crippen molar-refractivity contribution in [2.45, 2.75) is 18.5 Å². The summed E-state index contributed by atoms with van der Waals surface area (Å²) in [5.41, 5.74) is 0. The lowest BCUT2D eigenvalue weighted by atomic mass is 10.0. The lowest BCUT2D eigenvalue weighted by molar-refractivity contribution is -0.124. The van der Waals surface area contributed by atoms with Gasteiger partial charge in [-0.3, -0.25) is 9.69 Å². The molecule has 0 unspecified atom stereocenters. The summed E-state index contributed by atoms with van der Waals surface area (Å²) in [6.07, 6.45) is 1.01. The summed E-state index contributed by atoms with van der Waals surface area (Å²) < 4.78 is 0. The molecular weight excluding hydrogens is 166 g/mol. The molecule has 2 fully saturated rings. The van der Waals surface area contributed by atoms with Crippen LogP contribution in [0.5, 0.6) is 0 Å². The number of fused-ring (bicyclic) bond motifs is 1. The summed E-state index contributed by atoms with van der Waals surface area (Å²) in [6, 6.07) is 0.671.